The summed E-state index contributed by atoms with van der Waals surface area (Å²) in [6.45, 7) is 4.15. The average molecular weight is 345 g/mol. The zero-order chi connectivity index (χ0) is 16.7. The predicted molar refractivity (Wildman–Crippen MR) is 97.2 cm³/mol. The number of carbonyl (C=O) groups is 2. The first-order valence-electron chi connectivity index (χ1n) is 8.69. The van der Waals surface area contributed by atoms with Crippen LogP contribution in [-0.2, 0) is 9.59 Å². The first kappa shape index (κ1) is 15.8. The number of benzene rings is 1. The summed E-state index contributed by atoms with van der Waals surface area (Å²) in [6.07, 6.45) is 3.78. The van der Waals surface area contributed by atoms with E-state index in [1.165, 1.54) is 12.8 Å². The van der Waals surface area contributed by atoms with Gasteiger partial charge in [0.15, 0.2) is 0 Å². The lowest BCUT2D eigenvalue weighted by Gasteiger charge is -2.30. The van der Waals surface area contributed by atoms with Crippen LogP contribution in [0.3, 0.4) is 0 Å². The standard InChI is InChI=1S/C18H23N3O2S/c1-18-9-8-16(22)21(18)15(12-24-18)17(23)19-13-6-2-3-7-14(13)20-10-4-5-11-20/h2-3,6-7,15H,4-5,8-12H2,1H3,(H,19,23)/t15-,18-/m1/s1. The zero-order valence-corrected chi connectivity index (χ0v) is 14.8. The molecule has 3 fully saturated rings. The molecule has 3 heterocycles. The molecule has 1 aromatic rings. The van der Waals surface area contributed by atoms with Gasteiger partial charge in [0, 0.05) is 25.3 Å². The number of amides is 2. The molecule has 1 aromatic carbocycles. The Hall–Kier alpha value is -1.69. The van der Waals surface area contributed by atoms with Gasteiger partial charge in [0.25, 0.3) is 0 Å². The number of para-hydroxylation sites is 2. The van der Waals surface area contributed by atoms with Crippen LogP contribution in [0, 0.1) is 0 Å². The molecule has 0 bridgehead atoms. The summed E-state index contributed by atoms with van der Waals surface area (Å²) in [7, 11) is 0. The molecule has 2 atom stereocenters. The largest absolute Gasteiger partial charge is 0.370 e. The summed E-state index contributed by atoms with van der Waals surface area (Å²) >= 11 is 1.73. The van der Waals surface area contributed by atoms with Gasteiger partial charge in [0.2, 0.25) is 11.8 Å². The second kappa shape index (κ2) is 5.99. The number of carbonyl (C=O) groups excluding carboxylic acids is 2. The van der Waals surface area contributed by atoms with Gasteiger partial charge in [0.1, 0.15) is 6.04 Å². The second-order valence-electron chi connectivity index (χ2n) is 6.97. The minimum atomic E-state index is -0.360. The number of hydrogen-bond donors (Lipinski definition) is 1. The van der Waals surface area contributed by atoms with Crippen LogP contribution >= 0.6 is 11.8 Å². The van der Waals surface area contributed by atoms with E-state index in [-0.39, 0.29) is 22.7 Å². The fraction of sp³-hybridized carbons (Fsp3) is 0.556. The van der Waals surface area contributed by atoms with Crippen molar-refractivity contribution in [1.82, 2.24) is 4.90 Å². The summed E-state index contributed by atoms with van der Waals surface area (Å²) in [5.74, 6) is 0.726. The Morgan fingerprint density at radius 3 is 2.83 bits per heavy atom. The van der Waals surface area contributed by atoms with Gasteiger partial charge in [-0.1, -0.05) is 12.1 Å². The monoisotopic (exact) mass is 345 g/mol. The van der Waals surface area contributed by atoms with Gasteiger partial charge < -0.3 is 15.1 Å². The summed E-state index contributed by atoms with van der Waals surface area (Å²) in [5.41, 5.74) is 1.94. The fourth-order valence-corrected chi connectivity index (χ4v) is 5.48. The lowest BCUT2D eigenvalue weighted by molar-refractivity contribution is -0.135. The van der Waals surface area contributed by atoms with Crippen molar-refractivity contribution in [3.8, 4) is 0 Å². The molecule has 0 aliphatic carbocycles. The maximum atomic E-state index is 12.9. The van der Waals surface area contributed by atoms with Gasteiger partial charge in [-0.15, -0.1) is 11.8 Å². The summed E-state index contributed by atoms with van der Waals surface area (Å²) in [4.78, 5) is 29.0. The van der Waals surface area contributed by atoms with Crippen LogP contribution in [0.15, 0.2) is 24.3 Å². The highest BCUT2D eigenvalue weighted by Gasteiger charge is 2.52. The van der Waals surface area contributed by atoms with E-state index >= 15 is 0 Å². The fourth-order valence-electron chi connectivity index (χ4n) is 4.04. The van der Waals surface area contributed by atoms with Crippen LogP contribution in [0.2, 0.25) is 0 Å². The number of rotatable bonds is 3. The lowest BCUT2D eigenvalue weighted by atomic mass is 10.2. The van der Waals surface area contributed by atoms with Crippen molar-refractivity contribution in [2.24, 2.45) is 0 Å². The normalized spacial score (nSPS) is 29.2. The highest BCUT2D eigenvalue weighted by molar-refractivity contribution is 8.01. The van der Waals surface area contributed by atoms with Crippen LogP contribution < -0.4 is 10.2 Å². The molecule has 3 aliphatic heterocycles. The predicted octanol–water partition coefficient (Wildman–Crippen LogP) is 2.68. The molecule has 0 unspecified atom stereocenters. The number of hydrogen-bond acceptors (Lipinski definition) is 4. The van der Waals surface area contributed by atoms with E-state index in [0.29, 0.717) is 12.2 Å². The van der Waals surface area contributed by atoms with Gasteiger partial charge in [-0.25, -0.2) is 0 Å². The smallest absolute Gasteiger partial charge is 0.248 e. The molecular weight excluding hydrogens is 322 g/mol. The molecule has 0 spiro atoms. The SMILES string of the molecule is C[C@@]12CCC(=O)N1[C@@H](C(=O)Nc1ccccc1N1CCCC1)CS2. The summed E-state index contributed by atoms with van der Waals surface area (Å²) in [6, 6.07) is 7.62. The van der Waals surface area contributed by atoms with Crippen molar-refractivity contribution >= 4 is 35.0 Å². The topological polar surface area (TPSA) is 52.7 Å². The third kappa shape index (κ3) is 2.57. The van der Waals surface area contributed by atoms with Crippen LogP contribution in [0.1, 0.15) is 32.6 Å². The van der Waals surface area contributed by atoms with Gasteiger partial charge in [-0.2, -0.15) is 0 Å². The van der Waals surface area contributed by atoms with Crippen molar-refractivity contribution in [2.75, 3.05) is 29.1 Å². The molecule has 6 heteroatoms. The van der Waals surface area contributed by atoms with Crippen LogP contribution in [0.5, 0.6) is 0 Å². The maximum absolute atomic E-state index is 12.9. The minimum absolute atomic E-state index is 0.0619. The van der Waals surface area contributed by atoms with Gasteiger partial charge in [0.05, 0.1) is 16.2 Å². The Kier molecular flexibility index (Phi) is 3.95. The Bertz CT molecular complexity index is 674. The van der Waals surface area contributed by atoms with Crippen LogP contribution in [0.25, 0.3) is 0 Å². The van der Waals surface area contributed by atoms with Gasteiger partial charge >= 0.3 is 0 Å². The van der Waals surface area contributed by atoms with Gasteiger partial charge in [-0.3, -0.25) is 9.59 Å². The molecule has 3 aliphatic rings. The molecule has 24 heavy (non-hydrogen) atoms. The summed E-state index contributed by atoms with van der Waals surface area (Å²) in [5, 5.41) is 3.09. The first-order chi connectivity index (χ1) is 11.6. The molecule has 0 aromatic heterocycles. The third-order valence-corrected chi connectivity index (χ3v) is 6.86. The molecular formula is C18H23N3O2S. The Morgan fingerprint density at radius 2 is 2.04 bits per heavy atom. The Labute approximate surface area is 146 Å². The van der Waals surface area contributed by atoms with E-state index in [4.69, 9.17) is 0 Å². The van der Waals surface area contributed by atoms with Crippen LogP contribution in [0.4, 0.5) is 11.4 Å². The highest BCUT2D eigenvalue weighted by Crippen LogP contribution is 2.47. The van der Waals surface area contributed by atoms with E-state index < -0.39 is 0 Å². The van der Waals surface area contributed by atoms with Crippen molar-refractivity contribution < 1.29 is 9.59 Å². The van der Waals surface area contributed by atoms with E-state index in [9.17, 15) is 9.59 Å². The number of anilines is 2. The number of nitrogens with one attached hydrogen (secondary N) is 1. The molecule has 3 saturated heterocycles. The lowest BCUT2D eigenvalue weighted by Crippen LogP contribution is -2.48. The Balaban J connectivity index is 1.54. The average Bonchev–Trinajstić information content (AvgIpc) is 3.26. The maximum Gasteiger partial charge on any atom is 0.248 e. The number of thioether (sulfide) groups is 1. The number of fused-ring (bicyclic) bond motifs is 1. The Morgan fingerprint density at radius 1 is 1.29 bits per heavy atom. The zero-order valence-electron chi connectivity index (χ0n) is 14.0. The van der Waals surface area contributed by atoms with E-state index in [0.717, 1.165) is 30.9 Å². The van der Waals surface area contributed by atoms with Crippen molar-refractivity contribution in [2.45, 2.75) is 43.5 Å². The van der Waals surface area contributed by atoms with Crippen LogP contribution in [-0.4, -0.2) is 46.5 Å². The van der Waals surface area contributed by atoms with Crippen molar-refractivity contribution in [1.29, 1.82) is 0 Å². The highest BCUT2D eigenvalue weighted by atomic mass is 32.2. The van der Waals surface area contributed by atoms with E-state index in [1.807, 2.05) is 23.1 Å². The van der Waals surface area contributed by atoms with E-state index in [2.05, 4.69) is 23.2 Å². The summed E-state index contributed by atoms with van der Waals surface area (Å²) < 4.78 is 0. The molecule has 0 saturated carbocycles. The quantitative estimate of drug-likeness (QED) is 0.915. The number of nitrogens with zero attached hydrogens (tertiary/aromatic N) is 2. The third-order valence-electron chi connectivity index (χ3n) is 5.36. The van der Waals surface area contributed by atoms with E-state index in [1.54, 1.807) is 11.8 Å². The molecule has 4 rings (SSSR count). The first-order valence-corrected chi connectivity index (χ1v) is 9.68. The molecule has 2 amide bonds. The van der Waals surface area contributed by atoms with Gasteiger partial charge in [-0.05, 0) is 38.3 Å². The second-order valence-corrected chi connectivity index (χ2v) is 8.47. The van der Waals surface area contributed by atoms with Crippen molar-refractivity contribution in [3.63, 3.8) is 0 Å². The molecule has 128 valence electrons. The molecule has 5 nitrogen and oxygen atoms in total. The van der Waals surface area contributed by atoms with Crippen molar-refractivity contribution in [3.05, 3.63) is 24.3 Å². The molecule has 0 radical (unpaired) electrons. The minimum Gasteiger partial charge on any atom is -0.370 e. The molecule has 1 N–H and O–H groups in total.